The smallest absolute Gasteiger partial charge is 0.259 e. The fourth-order valence-corrected chi connectivity index (χ4v) is 1.35. The summed E-state index contributed by atoms with van der Waals surface area (Å²) in [6, 6.07) is 7.03. The second-order valence-corrected chi connectivity index (χ2v) is 3.16. The van der Waals surface area contributed by atoms with Crippen molar-refractivity contribution in [1.29, 1.82) is 5.26 Å². The van der Waals surface area contributed by atoms with Crippen molar-refractivity contribution < 1.29 is 8.76 Å². The van der Waals surface area contributed by atoms with E-state index in [4.69, 9.17) is 9.81 Å². The van der Waals surface area contributed by atoms with Crippen LogP contribution in [0.4, 0.5) is 5.69 Å². The van der Waals surface area contributed by atoms with Crippen LogP contribution >= 0.6 is 0 Å². The molecule has 1 aromatic rings. The molecule has 13 heavy (non-hydrogen) atoms. The summed E-state index contributed by atoms with van der Waals surface area (Å²) in [5, 5.41) is 8.74. The first-order valence-corrected chi connectivity index (χ1v) is 4.63. The molecule has 0 bridgehead atoms. The summed E-state index contributed by atoms with van der Waals surface area (Å²) in [6.07, 6.45) is 0. The molecule has 0 aromatic heterocycles. The van der Waals surface area contributed by atoms with Crippen LogP contribution in [0.2, 0.25) is 0 Å². The highest BCUT2D eigenvalue weighted by molar-refractivity contribution is 7.80. The van der Waals surface area contributed by atoms with E-state index in [0.717, 1.165) is 5.56 Å². The zero-order chi connectivity index (χ0) is 9.84. The molecule has 4 nitrogen and oxygen atoms in total. The van der Waals surface area contributed by atoms with E-state index in [9.17, 15) is 4.21 Å². The van der Waals surface area contributed by atoms with Crippen LogP contribution in [0.15, 0.2) is 18.2 Å². The van der Waals surface area contributed by atoms with Gasteiger partial charge in [-0.3, -0.25) is 9.27 Å². The number of nitrogens with zero attached hydrogens (tertiary/aromatic N) is 1. The topological polar surface area (TPSA) is 73.1 Å². The predicted molar refractivity (Wildman–Crippen MR) is 50.3 cm³/mol. The number of hydrogen-bond donors (Lipinski definition) is 2. The number of aryl methyl sites for hydroxylation is 1. The van der Waals surface area contributed by atoms with Crippen molar-refractivity contribution in [2.75, 3.05) is 4.72 Å². The van der Waals surface area contributed by atoms with Gasteiger partial charge in [-0.25, -0.2) is 4.21 Å². The van der Waals surface area contributed by atoms with E-state index in [-0.39, 0.29) is 0 Å². The maximum Gasteiger partial charge on any atom is 0.259 e. The van der Waals surface area contributed by atoms with E-state index < -0.39 is 11.3 Å². The predicted octanol–water partition coefficient (Wildman–Crippen LogP) is 1.42. The van der Waals surface area contributed by atoms with Gasteiger partial charge >= 0.3 is 0 Å². The molecule has 1 unspecified atom stereocenters. The highest BCUT2D eigenvalue weighted by Gasteiger charge is 2.05. The van der Waals surface area contributed by atoms with Crippen molar-refractivity contribution in [3.05, 3.63) is 29.3 Å². The molecular formula is C8H8N2O2S. The Bertz CT molecular complexity index is 384. The lowest BCUT2D eigenvalue weighted by atomic mass is 10.1. The fourth-order valence-electron chi connectivity index (χ4n) is 0.995. The Kier molecular flexibility index (Phi) is 3.01. The summed E-state index contributed by atoms with van der Waals surface area (Å²) in [7, 11) is 0. The van der Waals surface area contributed by atoms with Crippen molar-refractivity contribution in [1.82, 2.24) is 0 Å². The fraction of sp³-hybridized carbons (Fsp3) is 0.125. The highest BCUT2D eigenvalue weighted by Crippen LogP contribution is 2.18. The molecular weight excluding hydrogens is 188 g/mol. The molecule has 0 spiro atoms. The first-order chi connectivity index (χ1) is 6.15. The molecule has 0 saturated carbocycles. The number of nitrogens with one attached hydrogen (secondary N) is 1. The third-order valence-corrected chi connectivity index (χ3v) is 1.98. The van der Waals surface area contributed by atoms with Crippen LogP contribution in [0.1, 0.15) is 11.1 Å². The highest BCUT2D eigenvalue weighted by atomic mass is 32.2. The Morgan fingerprint density at radius 1 is 1.62 bits per heavy atom. The van der Waals surface area contributed by atoms with E-state index in [1.54, 1.807) is 25.1 Å². The van der Waals surface area contributed by atoms with Gasteiger partial charge in [-0.15, -0.1) is 0 Å². The molecule has 68 valence electrons. The molecule has 0 amide bonds. The minimum atomic E-state index is -2.14. The second-order valence-electron chi connectivity index (χ2n) is 2.46. The van der Waals surface area contributed by atoms with Crippen LogP contribution in [0.3, 0.4) is 0 Å². The number of hydrogen-bond acceptors (Lipinski definition) is 2. The Balaban J connectivity index is 3.14. The monoisotopic (exact) mass is 196 g/mol. The third-order valence-electron chi connectivity index (χ3n) is 1.58. The van der Waals surface area contributed by atoms with Gasteiger partial charge in [0.2, 0.25) is 0 Å². The van der Waals surface area contributed by atoms with E-state index in [1.807, 2.05) is 6.07 Å². The quantitative estimate of drug-likeness (QED) is 0.702. The molecule has 2 N–H and O–H groups in total. The summed E-state index contributed by atoms with van der Waals surface area (Å²) in [6.45, 7) is 1.77. The Morgan fingerprint density at radius 2 is 2.31 bits per heavy atom. The van der Waals surface area contributed by atoms with Crippen LogP contribution in [0.25, 0.3) is 0 Å². The lowest BCUT2D eigenvalue weighted by molar-refractivity contribution is 0.570. The van der Waals surface area contributed by atoms with E-state index in [1.165, 1.54) is 0 Å². The first-order valence-electron chi connectivity index (χ1n) is 3.52. The van der Waals surface area contributed by atoms with E-state index >= 15 is 0 Å². The van der Waals surface area contributed by atoms with Gasteiger partial charge in [-0.1, -0.05) is 12.1 Å². The van der Waals surface area contributed by atoms with Crippen molar-refractivity contribution >= 4 is 17.0 Å². The van der Waals surface area contributed by atoms with E-state index in [0.29, 0.717) is 11.3 Å². The van der Waals surface area contributed by atoms with Crippen molar-refractivity contribution in [3.63, 3.8) is 0 Å². The normalized spacial score (nSPS) is 11.8. The molecule has 0 heterocycles. The van der Waals surface area contributed by atoms with Gasteiger partial charge in [-0.05, 0) is 18.6 Å². The maximum absolute atomic E-state index is 10.4. The molecule has 1 aromatic carbocycles. The van der Waals surface area contributed by atoms with E-state index in [2.05, 4.69) is 4.72 Å². The average molecular weight is 196 g/mol. The third kappa shape index (κ3) is 2.28. The minimum absolute atomic E-state index is 0.378. The number of benzene rings is 1. The van der Waals surface area contributed by atoms with Crippen molar-refractivity contribution in [2.45, 2.75) is 6.92 Å². The van der Waals surface area contributed by atoms with Crippen LogP contribution in [0, 0.1) is 18.3 Å². The zero-order valence-electron chi connectivity index (χ0n) is 6.94. The molecule has 0 aliphatic rings. The standard InChI is InChI=1S/C8H8N2O2S/c1-6-3-2-4-8(7(6)5-9)10-13(11)12/h2-4,10H,1H3,(H,11,12). The summed E-state index contributed by atoms with van der Waals surface area (Å²) < 4.78 is 21.3. The number of nitriles is 1. The Morgan fingerprint density at radius 3 is 2.85 bits per heavy atom. The minimum Gasteiger partial charge on any atom is -0.289 e. The number of anilines is 1. The molecule has 1 atom stereocenters. The number of rotatable bonds is 2. The molecule has 0 aliphatic heterocycles. The van der Waals surface area contributed by atoms with Gasteiger partial charge in [0.1, 0.15) is 6.07 Å². The average Bonchev–Trinajstić information content (AvgIpc) is 2.03. The maximum atomic E-state index is 10.4. The van der Waals surface area contributed by atoms with Gasteiger partial charge in [0.15, 0.2) is 0 Å². The van der Waals surface area contributed by atoms with Crippen LogP contribution in [-0.4, -0.2) is 8.76 Å². The van der Waals surface area contributed by atoms with Crippen molar-refractivity contribution in [2.24, 2.45) is 0 Å². The van der Waals surface area contributed by atoms with Crippen LogP contribution in [0.5, 0.6) is 0 Å². The molecule has 0 aliphatic carbocycles. The lowest BCUT2D eigenvalue weighted by Gasteiger charge is -2.04. The first kappa shape index (κ1) is 9.71. The zero-order valence-corrected chi connectivity index (χ0v) is 7.76. The van der Waals surface area contributed by atoms with Crippen LogP contribution < -0.4 is 4.72 Å². The lowest BCUT2D eigenvalue weighted by Crippen LogP contribution is -2.04. The SMILES string of the molecule is Cc1cccc(NS(=O)O)c1C#N. The molecule has 5 heteroatoms. The van der Waals surface area contributed by atoms with Gasteiger partial charge < -0.3 is 0 Å². The van der Waals surface area contributed by atoms with Crippen molar-refractivity contribution in [3.8, 4) is 6.07 Å². The molecule has 0 fully saturated rings. The molecule has 0 radical (unpaired) electrons. The second kappa shape index (κ2) is 4.03. The Labute approximate surface area is 78.6 Å². The van der Waals surface area contributed by atoms with Crippen LogP contribution in [-0.2, 0) is 11.3 Å². The summed E-state index contributed by atoms with van der Waals surface area (Å²) >= 11 is -2.14. The van der Waals surface area contributed by atoms with Gasteiger partial charge in [0.05, 0.1) is 11.3 Å². The largest absolute Gasteiger partial charge is 0.289 e. The van der Waals surface area contributed by atoms with Gasteiger partial charge in [0.25, 0.3) is 11.3 Å². The summed E-state index contributed by atoms with van der Waals surface area (Å²) in [5.41, 5.74) is 1.55. The summed E-state index contributed by atoms with van der Waals surface area (Å²) in [5.74, 6) is 0. The molecule has 0 saturated heterocycles. The van der Waals surface area contributed by atoms with Gasteiger partial charge in [0, 0.05) is 0 Å². The Hall–Kier alpha value is -1.38. The summed E-state index contributed by atoms with van der Waals surface area (Å²) in [4.78, 5) is 0. The van der Waals surface area contributed by atoms with Gasteiger partial charge in [-0.2, -0.15) is 5.26 Å². The molecule has 1 rings (SSSR count).